The Balaban J connectivity index is 1.51. The SMILES string of the molecule is CN(C)c1cc(NC(=O)C23CC4C[C@@H](C2)[C@@H](C4)C3)c2ccccc2n1. The standard InChI is InChI=1S/C21H25N3O/c1-24(2)19-9-18(16-5-3-4-6-17(16)22-19)23-20(25)21-10-13-7-14(11-21)15(8-13)12-21/h3-6,9,13-15H,7-8,10-12H2,1-2H3,(H,22,23,25)/t13?,14-,15-,21?/m0/s1. The molecule has 2 atom stereocenters. The molecule has 1 N–H and O–H groups in total. The summed E-state index contributed by atoms with van der Waals surface area (Å²) in [4.78, 5) is 20.0. The quantitative estimate of drug-likeness (QED) is 0.920. The maximum atomic E-state index is 13.3. The van der Waals surface area contributed by atoms with Gasteiger partial charge in [0.05, 0.1) is 16.6 Å². The lowest BCUT2D eigenvalue weighted by Crippen LogP contribution is -2.39. The molecule has 1 amide bonds. The first-order valence-electron chi connectivity index (χ1n) is 9.43. The zero-order chi connectivity index (χ0) is 17.2. The Kier molecular flexibility index (Phi) is 3.16. The Bertz CT molecular complexity index is 840. The van der Waals surface area contributed by atoms with Crippen molar-refractivity contribution in [2.45, 2.75) is 32.1 Å². The Labute approximate surface area is 148 Å². The predicted molar refractivity (Wildman–Crippen MR) is 101 cm³/mol. The molecule has 4 heteroatoms. The Morgan fingerprint density at radius 3 is 2.56 bits per heavy atom. The minimum atomic E-state index is -0.112. The van der Waals surface area contributed by atoms with Crippen LogP contribution in [0.4, 0.5) is 11.5 Å². The van der Waals surface area contributed by atoms with Gasteiger partial charge in [-0.3, -0.25) is 4.79 Å². The van der Waals surface area contributed by atoms with Gasteiger partial charge >= 0.3 is 0 Å². The van der Waals surface area contributed by atoms with Crippen LogP contribution in [0.5, 0.6) is 0 Å². The molecular formula is C21H25N3O. The van der Waals surface area contributed by atoms with Crippen LogP contribution in [0.15, 0.2) is 30.3 Å². The molecule has 4 bridgehead atoms. The van der Waals surface area contributed by atoms with Crippen LogP contribution in [0.3, 0.4) is 0 Å². The molecular weight excluding hydrogens is 310 g/mol. The van der Waals surface area contributed by atoms with E-state index in [1.807, 2.05) is 49.3 Å². The lowest BCUT2D eigenvalue weighted by atomic mass is 9.69. The molecule has 0 spiro atoms. The van der Waals surface area contributed by atoms with Crippen LogP contribution in [-0.4, -0.2) is 25.0 Å². The third-order valence-corrected chi connectivity index (χ3v) is 6.81. The van der Waals surface area contributed by atoms with Crippen LogP contribution in [-0.2, 0) is 4.79 Å². The van der Waals surface area contributed by atoms with Crippen molar-refractivity contribution >= 4 is 28.3 Å². The number of benzene rings is 1. The van der Waals surface area contributed by atoms with Crippen LogP contribution in [0, 0.1) is 23.2 Å². The third-order valence-electron chi connectivity index (χ3n) is 6.81. The topological polar surface area (TPSA) is 45.2 Å². The lowest BCUT2D eigenvalue weighted by molar-refractivity contribution is -0.128. The molecule has 1 aromatic heterocycles. The van der Waals surface area contributed by atoms with Crippen LogP contribution >= 0.6 is 0 Å². The van der Waals surface area contributed by atoms with Gasteiger partial charge < -0.3 is 10.2 Å². The molecule has 4 saturated carbocycles. The number of nitrogens with one attached hydrogen (secondary N) is 1. The van der Waals surface area contributed by atoms with Crippen molar-refractivity contribution in [1.29, 1.82) is 0 Å². The lowest BCUT2D eigenvalue weighted by Gasteiger charge is -2.37. The van der Waals surface area contributed by atoms with Crippen molar-refractivity contribution in [3.05, 3.63) is 30.3 Å². The predicted octanol–water partition coefficient (Wildman–Crippen LogP) is 4.07. The van der Waals surface area contributed by atoms with Gasteiger partial charge in [-0.15, -0.1) is 0 Å². The molecule has 0 radical (unpaired) electrons. The van der Waals surface area contributed by atoms with Gasteiger partial charge in [0.15, 0.2) is 0 Å². The Morgan fingerprint density at radius 2 is 1.88 bits per heavy atom. The molecule has 4 aliphatic carbocycles. The highest BCUT2D eigenvalue weighted by molar-refractivity contribution is 6.04. The van der Waals surface area contributed by atoms with Gasteiger partial charge in [-0.1, -0.05) is 18.2 Å². The van der Waals surface area contributed by atoms with Crippen LogP contribution < -0.4 is 10.2 Å². The molecule has 4 nitrogen and oxygen atoms in total. The number of carbonyl (C=O) groups excluding carboxylic acids is 1. The van der Waals surface area contributed by atoms with E-state index in [1.165, 1.54) is 12.8 Å². The summed E-state index contributed by atoms with van der Waals surface area (Å²) in [6.45, 7) is 0. The van der Waals surface area contributed by atoms with Gasteiger partial charge in [-0.05, 0) is 55.9 Å². The number of hydrogen-bond donors (Lipinski definition) is 1. The molecule has 0 saturated heterocycles. The fraction of sp³-hybridized carbons (Fsp3) is 0.524. The minimum Gasteiger partial charge on any atom is -0.363 e. The minimum absolute atomic E-state index is 0.112. The van der Waals surface area contributed by atoms with Crippen molar-refractivity contribution in [2.24, 2.45) is 23.2 Å². The summed E-state index contributed by atoms with van der Waals surface area (Å²) in [5, 5.41) is 4.33. The second kappa shape index (κ2) is 5.20. The Hall–Kier alpha value is -2.10. The molecule has 25 heavy (non-hydrogen) atoms. The van der Waals surface area contributed by atoms with Gasteiger partial charge in [0.1, 0.15) is 5.82 Å². The van der Waals surface area contributed by atoms with Gasteiger partial charge in [0.2, 0.25) is 5.91 Å². The molecule has 130 valence electrons. The van der Waals surface area contributed by atoms with Crippen molar-refractivity contribution < 1.29 is 4.79 Å². The molecule has 0 aliphatic heterocycles. The highest BCUT2D eigenvalue weighted by Gasteiger charge is 2.59. The summed E-state index contributed by atoms with van der Waals surface area (Å²) in [5.41, 5.74) is 1.72. The van der Waals surface area contributed by atoms with E-state index in [9.17, 15) is 4.79 Å². The van der Waals surface area contributed by atoms with E-state index in [-0.39, 0.29) is 11.3 Å². The largest absolute Gasteiger partial charge is 0.363 e. The van der Waals surface area contributed by atoms with Crippen molar-refractivity contribution in [1.82, 2.24) is 4.98 Å². The second-order valence-electron chi connectivity index (χ2n) is 8.64. The number of anilines is 2. The normalized spacial score (nSPS) is 32.3. The average Bonchev–Trinajstić information content (AvgIpc) is 3.02. The summed E-state index contributed by atoms with van der Waals surface area (Å²) in [6.07, 6.45) is 6.02. The summed E-state index contributed by atoms with van der Waals surface area (Å²) in [5.74, 6) is 3.51. The van der Waals surface area contributed by atoms with Gasteiger partial charge in [0, 0.05) is 25.5 Å². The van der Waals surface area contributed by atoms with E-state index in [4.69, 9.17) is 4.98 Å². The molecule has 2 aromatic rings. The maximum Gasteiger partial charge on any atom is 0.230 e. The molecule has 1 aromatic carbocycles. The first-order valence-corrected chi connectivity index (χ1v) is 9.43. The first kappa shape index (κ1) is 15.2. The van der Waals surface area contributed by atoms with E-state index >= 15 is 0 Å². The van der Waals surface area contributed by atoms with Crippen molar-refractivity contribution in [3.8, 4) is 0 Å². The zero-order valence-corrected chi connectivity index (χ0v) is 15.0. The number of para-hydroxylation sites is 1. The van der Waals surface area contributed by atoms with Crippen LogP contribution in [0.2, 0.25) is 0 Å². The monoisotopic (exact) mass is 335 g/mol. The van der Waals surface area contributed by atoms with E-state index in [2.05, 4.69) is 5.32 Å². The maximum absolute atomic E-state index is 13.3. The molecule has 4 aliphatic rings. The summed E-state index contributed by atoms with van der Waals surface area (Å²) >= 11 is 0. The smallest absolute Gasteiger partial charge is 0.230 e. The van der Waals surface area contributed by atoms with Crippen molar-refractivity contribution in [3.63, 3.8) is 0 Å². The van der Waals surface area contributed by atoms with E-state index in [0.717, 1.165) is 59.4 Å². The first-order chi connectivity index (χ1) is 12.0. The van der Waals surface area contributed by atoms with Gasteiger partial charge in [0.25, 0.3) is 0 Å². The van der Waals surface area contributed by atoms with Gasteiger partial charge in [-0.25, -0.2) is 4.98 Å². The third kappa shape index (κ3) is 2.26. The molecule has 0 unspecified atom stereocenters. The van der Waals surface area contributed by atoms with Crippen LogP contribution in [0.25, 0.3) is 10.9 Å². The van der Waals surface area contributed by atoms with Gasteiger partial charge in [-0.2, -0.15) is 0 Å². The highest BCUT2D eigenvalue weighted by Crippen LogP contribution is 2.64. The van der Waals surface area contributed by atoms with E-state index < -0.39 is 0 Å². The Morgan fingerprint density at radius 1 is 1.16 bits per heavy atom. The van der Waals surface area contributed by atoms with Crippen molar-refractivity contribution in [2.75, 3.05) is 24.3 Å². The summed E-state index contributed by atoms with van der Waals surface area (Å²) in [7, 11) is 3.97. The number of nitrogens with zero attached hydrogens (tertiary/aromatic N) is 2. The number of fused-ring (bicyclic) bond motifs is 1. The fourth-order valence-corrected chi connectivity index (χ4v) is 5.84. The van der Waals surface area contributed by atoms with E-state index in [0.29, 0.717) is 0 Å². The van der Waals surface area contributed by atoms with Crippen LogP contribution in [0.1, 0.15) is 32.1 Å². The summed E-state index contributed by atoms with van der Waals surface area (Å²) in [6, 6.07) is 10.1. The average molecular weight is 335 g/mol. The number of carbonyl (C=O) groups is 1. The molecule has 6 rings (SSSR count). The number of hydrogen-bond acceptors (Lipinski definition) is 3. The molecule has 1 heterocycles. The number of amides is 1. The zero-order valence-electron chi connectivity index (χ0n) is 15.0. The summed E-state index contributed by atoms with van der Waals surface area (Å²) < 4.78 is 0. The number of rotatable bonds is 3. The highest BCUT2D eigenvalue weighted by atomic mass is 16.2. The fourth-order valence-electron chi connectivity index (χ4n) is 5.84. The number of pyridine rings is 1. The second-order valence-corrected chi connectivity index (χ2v) is 8.64. The van der Waals surface area contributed by atoms with E-state index in [1.54, 1.807) is 0 Å². The molecule has 4 fully saturated rings. The number of aromatic nitrogens is 1.